The van der Waals surface area contributed by atoms with Gasteiger partial charge in [0.25, 0.3) is 0 Å². The predicted octanol–water partition coefficient (Wildman–Crippen LogP) is 2.24. The molecule has 0 rings (SSSR count). The van der Waals surface area contributed by atoms with Crippen LogP contribution < -0.4 is 5.32 Å². The Balaban J connectivity index is 3.96. The third-order valence-corrected chi connectivity index (χ3v) is 1.02. The predicted molar refractivity (Wildman–Crippen MR) is 46.8 cm³/mol. The van der Waals surface area contributed by atoms with Crippen LogP contribution in [0.1, 0.15) is 13.8 Å². The molecule has 0 aliphatic carbocycles. The van der Waals surface area contributed by atoms with Crippen LogP contribution in [0, 0.1) is 0 Å². The molecular formula is C9H15N. The van der Waals surface area contributed by atoms with Gasteiger partial charge in [0, 0.05) is 12.2 Å². The van der Waals surface area contributed by atoms with Crippen LogP contribution in [0.2, 0.25) is 0 Å². The van der Waals surface area contributed by atoms with Gasteiger partial charge in [0.2, 0.25) is 0 Å². The van der Waals surface area contributed by atoms with Gasteiger partial charge in [-0.1, -0.05) is 18.7 Å². The minimum atomic E-state index is 0.948. The van der Waals surface area contributed by atoms with Gasteiger partial charge in [-0.3, -0.25) is 0 Å². The molecule has 0 aliphatic rings. The lowest BCUT2D eigenvalue weighted by Crippen LogP contribution is -2.09. The summed E-state index contributed by atoms with van der Waals surface area (Å²) in [6.45, 7) is 8.63. The molecule has 1 N–H and O–H groups in total. The van der Waals surface area contributed by atoms with Crippen LogP contribution in [0.3, 0.4) is 0 Å². The molecule has 0 amide bonds. The standard InChI is InChI=1S/C9H15N/c1-4-7-9(8-5-2)10-6-3/h4-5,7-8,10H,1,6H2,2-3H3/b8-5-,9-7+. The number of likely N-dealkylation sites (N-methyl/N-ethyl adjacent to an activating group) is 1. The molecule has 0 aromatic rings. The average Bonchev–Trinajstić information content (AvgIpc) is 1.90. The van der Waals surface area contributed by atoms with E-state index in [0.717, 1.165) is 12.2 Å². The number of allylic oxidation sites excluding steroid dienone is 4. The zero-order chi connectivity index (χ0) is 7.82. The van der Waals surface area contributed by atoms with E-state index in [1.807, 2.05) is 25.2 Å². The zero-order valence-corrected chi connectivity index (χ0v) is 6.72. The highest BCUT2D eigenvalue weighted by Crippen LogP contribution is 1.90. The van der Waals surface area contributed by atoms with Crippen molar-refractivity contribution in [3.05, 3.63) is 36.6 Å². The van der Waals surface area contributed by atoms with Gasteiger partial charge in [0.05, 0.1) is 0 Å². The molecule has 1 nitrogen and oxygen atoms in total. The van der Waals surface area contributed by atoms with Crippen LogP contribution in [-0.4, -0.2) is 6.54 Å². The number of hydrogen-bond acceptors (Lipinski definition) is 1. The molecule has 0 unspecified atom stereocenters. The maximum atomic E-state index is 3.61. The maximum Gasteiger partial charge on any atom is 0.0336 e. The van der Waals surface area contributed by atoms with Crippen molar-refractivity contribution in [2.75, 3.05) is 6.54 Å². The first-order chi connectivity index (χ1) is 4.85. The summed E-state index contributed by atoms with van der Waals surface area (Å²) in [6.07, 6.45) is 7.74. The molecule has 0 bridgehead atoms. The van der Waals surface area contributed by atoms with Gasteiger partial charge in [-0.15, -0.1) is 0 Å². The van der Waals surface area contributed by atoms with Crippen LogP contribution >= 0.6 is 0 Å². The van der Waals surface area contributed by atoms with Crippen LogP contribution in [-0.2, 0) is 0 Å². The normalized spacial score (nSPS) is 12.0. The minimum absolute atomic E-state index is 0.948. The Kier molecular flexibility index (Phi) is 5.54. The molecule has 0 saturated heterocycles. The van der Waals surface area contributed by atoms with E-state index in [0.29, 0.717) is 0 Å². The summed E-state index contributed by atoms with van der Waals surface area (Å²) in [6, 6.07) is 0. The van der Waals surface area contributed by atoms with Gasteiger partial charge in [-0.25, -0.2) is 0 Å². The fourth-order valence-corrected chi connectivity index (χ4v) is 0.684. The van der Waals surface area contributed by atoms with Crippen molar-refractivity contribution in [2.45, 2.75) is 13.8 Å². The lowest BCUT2D eigenvalue weighted by molar-refractivity contribution is 0.878. The molecule has 0 aliphatic heterocycles. The largest absolute Gasteiger partial charge is 0.385 e. The molecule has 56 valence electrons. The molecule has 0 saturated carbocycles. The minimum Gasteiger partial charge on any atom is -0.385 e. The van der Waals surface area contributed by atoms with Crippen molar-refractivity contribution in [3.63, 3.8) is 0 Å². The van der Waals surface area contributed by atoms with Crippen molar-refractivity contribution < 1.29 is 0 Å². The van der Waals surface area contributed by atoms with Gasteiger partial charge in [0.1, 0.15) is 0 Å². The average molecular weight is 137 g/mol. The second kappa shape index (κ2) is 6.14. The van der Waals surface area contributed by atoms with Crippen LogP contribution in [0.15, 0.2) is 36.6 Å². The number of rotatable bonds is 4. The molecule has 0 aromatic carbocycles. The summed E-state index contributed by atoms with van der Waals surface area (Å²) in [4.78, 5) is 0. The Morgan fingerprint density at radius 2 is 2.30 bits per heavy atom. The molecule has 0 heterocycles. The molecular weight excluding hydrogens is 122 g/mol. The third-order valence-electron chi connectivity index (χ3n) is 1.02. The highest BCUT2D eigenvalue weighted by Gasteiger charge is 1.82. The monoisotopic (exact) mass is 137 g/mol. The highest BCUT2D eigenvalue weighted by molar-refractivity contribution is 5.20. The fraction of sp³-hybridized carbons (Fsp3) is 0.333. The summed E-state index contributed by atoms with van der Waals surface area (Å²) >= 11 is 0. The second-order valence-corrected chi connectivity index (χ2v) is 1.89. The van der Waals surface area contributed by atoms with E-state index >= 15 is 0 Å². The molecule has 0 radical (unpaired) electrons. The van der Waals surface area contributed by atoms with Gasteiger partial charge >= 0.3 is 0 Å². The highest BCUT2D eigenvalue weighted by atomic mass is 14.9. The van der Waals surface area contributed by atoms with Crippen molar-refractivity contribution >= 4 is 0 Å². The van der Waals surface area contributed by atoms with Crippen molar-refractivity contribution in [3.8, 4) is 0 Å². The van der Waals surface area contributed by atoms with Crippen molar-refractivity contribution in [1.82, 2.24) is 5.32 Å². The topological polar surface area (TPSA) is 12.0 Å². The first-order valence-corrected chi connectivity index (χ1v) is 3.54. The molecule has 0 aromatic heterocycles. The Bertz CT molecular complexity index is 143. The zero-order valence-electron chi connectivity index (χ0n) is 6.72. The van der Waals surface area contributed by atoms with Gasteiger partial charge in [-0.2, -0.15) is 0 Å². The van der Waals surface area contributed by atoms with E-state index in [-0.39, 0.29) is 0 Å². The van der Waals surface area contributed by atoms with Crippen LogP contribution in [0.5, 0.6) is 0 Å². The van der Waals surface area contributed by atoms with Gasteiger partial charge in [0.15, 0.2) is 0 Å². The Hall–Kier alpha value is -0.980. The van der Waals surface area contributed by atoms with E-state index < -0.39 is 0 Å². The maximum absolute atomic E-state index is 3.61. The number of hydrogen-bond donors (Lipinski definition) is 1. The lowest BCUT2D eigenvalue weighted by Gasteiger charge is -2.00. The van der Waals surface area contributed by atoms with E-state index in [9.17, 15) is 0 Å². The summed E-state index contributed by atoms with van der Waals surface area (Å²) in [5.74, 6) is 0. The van der Waals surface area contributed by atoms with Gasteiger partial charge in [-0.05, 0) is 26.0 Å². The summed E-state index contributed by atoms with van der Waals surface area (Å²) < 4.78 is 0. The molecule has 0 atom stereocenters. The van der Waals surface area contributed by atoms with E-state index in [2.05, 4.69) is 18.8 Å². The van der Waals surface area contributed by atoms with Crippen molar-refractivity contribution in [1.29, 1.82) is 0 Å². The molecule has 1 heteroatoms. The SMILES string of the molecule is C=C/C=C(\C=C/C)NCC. The Morgan fingerprint density at radius 1 is 1.60 bits per heavy atom. The Labute approximate surface area is 63.1 Å². The molecule has 0 spiro atoms. The van der Waals surface area contributed by atoms with Crippen molar-refractivity contribution in [2.24, 2.45) is 0 Å². The van der Waals surface area contributed by atoms with Crippen LogP contribution in [0.4, 0.5) is 0 Å². The first kappa shape index (κ1) is 9.02. The molecule has 0 fully saturated rings. The summed E-state index contributed by atoms with van der Waals surface area (Å²) in [5.41, 5.74) is 1.11. The van der Waals surface area contributed by atoms with E-state index in [1.165, 1.54) is 0 Å². The fourth-order valence-electron chi connectivity index (χ4n) is 0.684. The summed E-state index contributed by atoms with van der Waals surface area (Å²) in [7, 11) is 0. The van der Waals surface area contributed by atoms with E-state index in [1.54, 1.807) is 6.08 Å². The summed E-state index contributed by atoms with van der Waals surface area (Å²) in [5, 5.41) is 3.19. The third kappa shape index (κ3) is 3.96. The molecule has 10 heavy (non-hydrogen) atoms. The second-order valence-electron chi connectivity index (χ2n) is 1.89. The smallest absolute Gasteiger partial charge is 0.0336 e. The lowest BCUT2D eigenvalue weighted by atomic mass is 10.3. The Morgan fingerprint density at radius 3 is 2.70 bits per heavy atom. The van der Waals surface area contributed by atoms with Crippen LogP contribution in [0.25, 0.3) is 0 Å². The first-order valence-electron chi connectivity index (χ1n) is 3.54. The van der Waals surface area contributed by atoms with E-state index in [4.69, 9.17) is 0 Å². The number of nitrogens with one attached hydrogen (secondary N) is 1. The quantitative estimate of drug-likeness (QED) is 0.586. The van der Waals surface area contributed by atoms with Gasteiger partial charge < -0.3 is 5.32 Å².